The first kappa shape index (κ1) is 16.2. The minimum absolute atomic E-state index is 0.230. The van der Waals surface area contributed by atoms with Gasteiger partial charge >= 0.3 is 0 Å². The minimum atomic E-state index is -0.863. The minimum Gasteiger partial charge on any atom is -0.496 e. The molecular weight excluding hydrogens is 273 g/mol. The van der Waals surface area contributed by atoms with Gasteiger partial charge < -0.3 is 19.8 Å². The van der Waals surface area contributed by atoms with E-state index in [0.717, 1.165) is 32.5 Å². The molecule has 1 fully saturated rings. The number of likely N-dealkylation sites (tertiary alicyclic amines) is 1. The second-order valence-electron chi connectivity index (χ2n) is 5.63. The number of halogens is 1. The van der Waals surface area contributed by atoms with Crippen LogP contribution in [0.4, 0.5) is 4.39 Å². The van der Waals surface area contributed by atoms with Crippen molar-refractivity contribution in [3.05, 3.63) is 29.6 Å². The smallest absolute Gasteiger partial charge is 0.132 e. The van der Waals surface area contributed by atoms with Gasteiger partial charge in [-0.25, -0.2) is 4.39 Å². The number of ether oxygens (including phenoxy) is 1. The normalized spacial score (nSPS) is 20.7. The monoisotopic (exact) mass is 297 g/mol. The molecule has 1 aliphatic rings. The second kappa shape index (κ2) is 7.73. The zero-order valence-electron chi connectivity index (χ0n) is 12.5. The van der Waals surface area contributed by atoms with Gasteiger partial charge in [0.2, 0.25) is 0 Å². The summed E-state index contributed by atoms with van der Waals surface area (Å²) in [5.74, 6) is 0.499. The Hall–Kier alpha value is -1.17. The fraction of sp³-hybridized carbons (Fsp3) is 0.625. The Morgan fingerprint density at radius 2 is 2.29 bits per heavy atom. The number of methoxy groups -OCH3 is 1. The van der Waals surface area contributed by atoms with Crippen molar-refractivity contribution in [2.24, 2.45) is 5.92 Å². The molecule has 118 valence electrons. The average Bonchev–Trinajstić information content (AvgIpc) is 2.92. The Labute approximate surface area is 125 Å². The average molecular weight is 297 g/mol. The number of aliphatic hydroxyl groups is 2. The van der Waals surface area contributed by atoms with Crippen molar-refractivity contribution in [3.8, 4) is 5.75 Å². The van der Waals surface area contributed by atoms with E-state index in [4.69, 9.17) is 9.84 Å². The van der Waals surface area contributed by atoms with Gasteiger partial charge in [-0.1, -0.05) is 6.07 Å². The Morgan fingerprint density at radius 3 is 3.00 bits per heavy atom. The van der Waals surface area contributed by atoms with Crippen LogP contribution in [0.2, 0.25) is 0 Å². The summed E-state index contributed by atoms with van der Waals surface area (Å²) in [6.45, 7) is 2.88. The van der Waals surface area contributed by atoms with E-state index in [9.17, 15) is 9.50 Å². The first-order valence-electron chi connectivity index (χ1n) is 7.49. The molecule has 1 heterocycles. The third kappa shape index (κ3) is 4.15. The molecular formula is C16H24FNO3. The Morgan fingerprint density at radius 1 is 1.48 bits per heavy atom. The zero-order chi connectivity index (χ0) is 15.2. The Kier molecular flexibility index (Phi) is 5.96. The van der Waals surface area contributed by atoms with E-state index in [1.165, 1.54) is 13.2 Å². The first-order chi connectivity index (χ1) is 10.2. The van der Waals surface area contributed by atoms with E-state index < -0.39 is 11.9 Å². The van der Waals surface area contributed by atoms with Gasteiger partial charge in [0, 0.05) is 19.7 Å². The number of nitrogens with zero attached hydrogens (tertiary/aromatic N) is 1. The van der Waals surface area contributed by atoms with Crippen LogP contribution < -0.4 is 4.74 Å². The van der Waals surface area contributed by atoms with Gasteiger partial charge in [-0.2, -0.15) is 0 Å². The molecule has 0 amide bonds. The third-order valence-corrected chi connectivity index (χ3v) is 4.19. The van der Waals surface area contributed by atoms with Gasteiger partial charge in [0.25, 0.3) is 0 Å². The molecule has 5 heteroatoms. The highest BCUT2D eigenvalue weighted by Crippen LogP contribution is 2.30. The SMILES string of the molecule is COc1cccc(F)c1C(O)CCN1CCC(CCO)C1. The summed E-state index contributed by atoms with van der Waals surface area (Å²) in [4.78, 5) is 2.26. The molecule has 0 aromatic heterocycles. The van der Waals surface area contributed by atoms with E-state index in [2.05, 4.69) is 4.90 Å². The van der Waals surface area contributed by atoms with Crippen molar-refractivity contribution < 1.29 is 19.3 Å². The van der Waals surface area contributed by atoms with Gasteiger partial charge in [0.1, 0.15) is 11.6 Å². The number of hydrogen-bond donors (Lipinski definition) is 2. The van der Waals surface area contributed by atoms with Gasteiger partial charge in [0.15, 0.2) is 0 Å². The summed E-state index contributed by atoms with van der Waals surface area (Å²) in [7, 11) is 1.48. The Bertz CT molecular complexity index is 455. The van der Waals surface area contributed by atoms with Crippen molar-refractivity contribution >= 4 is 0 Å². The van der Waals surface area contributed by atoms with Crippen LogP contribution in [-0.2, 0) is 0 Å². The molecule has 2 N–H and O–H groups in total. The van der Waals surface area contributed by atoms with Crippen molar-refractivity contribution in [2.45, 2.75) is 25.4 Å². The maximum atomic E-state index is 13.9. The lowest BCUT2D eigenvalue weighted by Crippen LogP contribution is -2.24. The topological polar surface area (TPSA) is 52.9 Å². The summed E-state index contributed by atoms with van der Waals surface area (Å²) in [6, 6.07) is 4.58. The van der Waals surface area contributed by atoms with Gasteiger partial charge in [-0.3, -0.25) is 0 Å². The highest BCUT2D eigenvalue weighted by molar-refractivity contribution is 5.36. The first-order valence-corrected chi connectivity index (χ1v) is 7.49. The maximum Gasteiger partial charge on any atom is 0.132 e. The van der Waals surface area contributed by atoms with Crippen molar-refractivity contribution in [1.29, 1.82) is 0 Å². The van der Waals surface area contributed by atoms with Crippen LogP contribution in [0, 0.1) is 11.7 Å². The molecule has 0 spiro atoms. The highest BCUT2D eigenvalue weighted by atomic mass is 19.1. The molecule has 0 radical (unpaired) electrons. The summed E-state index contributed by atoms with van der Waals surface area (Å²) in [5, 5.41) is 19.2. The predicted molar refractivity (Wildman–Crippen MR) is 78.8 cm³/mol. The molecule has 1 aliphatic heterocycles. The summed E-state index contributed by atoms with van der Waals surface area (Å²) >= 11 is 0. The van der Waals surface area contributed by atoms with Crippen LogP contribution in [0.15, 0.2) is 18.2 Å². The van der Waals surface area contributed by atoms with Crippen molar-refractivity contribution in [2.75, 3.05) is 33.4 Å². The van der Waals surface area contributed by atoms with Crippen molar-refractivity contribution in [3.63, 3.8) is 0 Å². The zero-order valence-corrected chi connectivity index (χ0v) is 12.5. The predicted octanol–water partition coefficient (Wildman–Crippen LogP) is 1.96. The van der Waals surface area contributed by atoms with E-state index in [0.29, 0.717) is 18.1 Å². The molecule has 4 nitrogen and oxygen atoms in total. The highest BCUT2D eigenvalue weighted by Gasteiger charge is 2.24. The molecule has 2 atom stereocenters. The van der Waals surface area contributed by atoms with Crippen LogP contribution in [0.1, 0.15) is 30.9 Å². The third-order valence-electron chi connectivity index (χ3n) is 4.19. The second-order valence-corrected chi connectivity index (χ2v) is 5.63. The van der Waals surface area contributed by atoms with Crippen LogP contribution >= 0.6 is 0 Å². The van der Waals surface area contributed by atoms with E-state index in [-0.39, 0.29) is 12.2 Å². The Balaban J connectivity index is 1.89. The number of hydrogen-bond acceptors (Lipinski definition) is 4. The van der Waals surface area contributed by atoms with Crippen LogP contribution in [-0.4, -0.2) is 48.5 Å². The summed E-state index contributed by atoms with van der Waals surface area (Å²) in [5.41, 5.74) is 0.242. The van der Waals surface area contributed by atoms with Crippen LogP contribution in [0.3, 0.4) is 0 Å². The van der Waals surface area contributed by atoms with Gasteiger partial charge in [-0.05, 0) is 43.9 Å². The maximum absolute atomic E-state index is 13.9. The van der Waals surface area contributed by atoms with E-state index in [1.54, 1.807) is 12.1 Å². The molecule has 0 bridgehead atoms. The largest absolute Gasteiger partial charge is 0.496 e. The van der Waals surface area contributed by atoms with Crippen LogP contribution in [0.5, 0.6) is 5.75 Å². The molecule has 1 aromatic carbocycles. The quantitative estimate of drug-likeness (QED) is 0.808. The fourth-order valence-electron chi connectivity index (χ4n) is 3.00. The molecule has 0 aliphatic carbocycles. The van der Waals surface area contributed by atoms with E-state index >= 15 is 0 Å². The number of rotatable bonds is 7. The molecule has 21 heavy (non-hydrogen) atoms. The number of benzene rings is 1. The lowest BCUT2D eigenvalue weighted by Gasteiger charge is -2.20. The molecule has 2 unspecified atom stereocenters. The number of aliphatic hydroxyl groups excluding tert-OH is 2. The molecule has 2 rings (SSSR count). The standard InChI is InChI=1S/C16H24FNO3/c1-21-15-4-2-3-13(17)16(15)14(20)6-9-18-8-5-12(11-18)7-10-19/h2-4,12,14,19-20H,5-11H2,1H3. The summed E-state index contributed by atoms with van der Waals surface area (Å²) in [6.07, 6.45) is 1.53. The van der Waals surface area contributed by atoms with E-state index in [1.807, 2.05) is 0 Å². The fourth-order valence-corrected chi connectivity index (χ4v) is 3.00. The molecule has 0 saturated carbocycles. The lowest BCUT2D eigenvalue weighted by molar-refractivity contribution is 0.140. The van der Waals surface area contributed by atoms with Crippen molar-refractivity contribution in [1.82, 2.24) is 4.90 Å². The summed E-state index contributed by atoms with van der Waals surface area (Å²) < 4.78 is 19.0. The molecule has 1 aromatic rings. The molecule has 1 saturated heterocycles. The van der Waals surface area contributed by atoms with Gasteiger partial charge in [0.05, 0.1) is 18.8 Å². The lowest BCUT2D eigenvalue weighted by atomic mass is 10.0. The van der Waals surface area contributed by atoms with Gasteiger partial charge in [-0.15, -0.1) is 0 Å². The van der Waals surface area contributed by atoms with Crippen LogP contribution in [0.25, 0.3) is 0 Å².